The normalized spacial score (nSPS) is 21.6. The molecule has 1 saturated carbocycles. The van der Waals surface area contributed by atoms with Crippen molar-refractivity contribution in [3.8, 4) is 0 Å². The third kappa shape index (κ3) is 4.01. The highest BCUT2D eigenvalue weighted by molar-refractivity contribution is 5.87. The van der Waals surface area contributed by atoms with Crippen LogP contribution in [0.4, 0.5) is 4.39 Å². The molecule has 1 aromatic carbocycles. The van der Waals surface area contributed by atoms with E-state index in [4.69, 9.17) is 9.84 Å². The summed E-state index contributed by atoms with van der Waals surface area (Å²) in [5.74, 6) is -1.85. The Bertz CT molecular complexity index is 517. The minimum atomic E-state index is -1.07. The van der Waals surface area contributed by atoms with Gasteiger partial charge in [-0.05, 0) is 30.0 Å². The quantitative estimate of drug-likeness (QED) is 0.800. The van der Waals surface area contributed by atoms with Crippen LogP contribution in [0.1, 0.15) is 24.3 Å². The van der Waals surface area contributed by atoms with Gasteiger partial charge in [-0.25, -0.2) is 9.18 Å². The van der Waals surface area contributed by atoms with Crippen molar-refractivity contribution < 1.29 is 23.8 Å². The van der Waals surface area contributed by atoms with Crippen molar-refractivity contribution in [2.24, 2.45) is 5.92 Å². The summed E-state index contributed by atoms with van der Waals surface area (Å²) in [5.41, 5.74) is 0.903. The minimum Gasteiger partial charge on any atom is -0.480 e. The molecule has 2 N–H and O–H groups in total. The fourth-order valence-corrected chi connectivity index (χ4v) is 2.33. The molecule has 2 rings (SSSR count). The molecule has 0 heterocycles. The van der Waals surface area contributed by atoms with E-state index in [0.29, 0.717) is 6.42 Å². The summed E-state index contributed by atoms with van der Waals surface area (Å²) < 4.78 is 17.7. The molecule has 0 spiro atoms. The van der Waals surface area contributed by atoms with Gasteiger partial charge in [0.05, 0.1) is 0 Å². The number of hydrogen-bond donors (Lipinski definition) is 2. The van der Waals surface area contributed by atoms with Crippen LogP contribution in [0, 0.1) is 11.7 Å². The van der Waals surface area contributed by atoms with Crippen molar-refractivity contribution in [2.45, 2.75) is 24.8 Å². The van der Waals surface area contributed by atoms with Crippen LogP contribution in [-0.2, 0) is 14.3 Å². The Hall–Kier alpha value is -1.95. The van der Waals surface area contributed by atoms with E-state index in [1.54, 1.807) is 12.1 Å². The van der Waals surface area contributed by atoms with Crippen molar-refractivity contribution >= 4 is 11.9 Å². The lowest BCUT2D eigenvalue weighted by Crippen LogP contribution is -2.42. The number of carboxylic acids is 1. The number of halogens is 1. The summed E-state index contributed by atoms with van der Waals surface area (Å²) in [6, 6.07) is 5.11. The van der Waals surface area contributed by atoms with Crippen LogP contribution in [0.15, 0.2) is 24.3 Å². The molecule has 114 valence electrons. The molecular formula is C15H18FNO4. The molecule has 1 aliphatic rings. The first kappa shape index (κ1) is 15.4. The van der Waals surface area contributed by atoms with Gasteiger partial charge in [0, 0.05) is 26.1 Å². The number of methoxy groups -OCH3 is 1. The van der Waals surface area contributed by atoms with Crippen molar-refractivity contribution in [3.63, 3.8) is 0 Å². The summed E-state index contributed by atoms with van der Waals surface area (Å²) in [7, 11) is 1.48. The third-order valence-corrected chi connectivity index (χ3v) is 3.65. The molecule has 1 amide bonds. The number of rotatable bonds is 7. The highest BCUT2D eigenvalue weighted by atomic mass is 19.1. The van der Waals surface area contributed by atoms with Gasteiger partial charge in [0.1, 0.15) is 11.9 Å². The lowest BCUT2D eigenvalue weighted by atomic mass is 10.1. The van der Waals surface area contributed by atoms with Crippen LogP contribution in [0.2, 0.25) is 0 Å². The number of benzene rings is 1. The van der Waals surface area contributed by atoms with E-state index < -0.39 is 12.0 Å². The monoisotopic (exact) mass is 295 g/mol. The van der Waals surface area contributed by atoms with E-state index in [1.165, 1.54) is 19.2 Å². The Morgan fingerprint density at radius 2 is 2.10 bits per heavy atom. The zero-order valence-corrected chi connectivity index (χ0v) is 11.7. The number of hydrogen-bond acceptors (Lipinski definition) is 3. The Kier molecular flexibility index (Phi) is 4.90. The third-order valence-electron chi connectivity index (χ3n) is 3.65. The zero-order valence-electron chi connectivity index (χ0n) is 11.7. The van der Waals surface area contributed by atoms with E-state index in [0.717, 1.165) is 5.56 Å². The van der Waals surface area contributed by atoms with E-state index in [9.17, 15) is 14.0 Å². The lowest BCUT2D eigenvalue weighted by Gasteiger charge is -2.14. The molecule has 21 heavy (non-hydrogen) atoms. The van der Waals surface area contributed by atoms with Crippen LogP contribution in [-0.4, -0.2) is 36.7 Å². The van der Waals surface area contributed by atoms with Crippen molar-refractivity contribution in [1.82, 2.24) is 5.32 Å². The predicted molar refractivity (Wildman–Crippen MR) is 73.3 cm³/mol. The highest BCUT2D eigenvalue weighted by Gasteiger charge is 2.44. The molecule has 1 fully saturated rings. The Morgan fingerprint density at radius 1 is 1.43 bits per heavy atom. The van der Waals surface area contributed by atoms with Crippen molar-refractivity contribution in [2.75, 3.05) is 13.7 Å². The van der Waals surface area contributed by atoms with Gasteiger partial charge >= 0.3 is 5.97 Å². The van der Waals surface area contributed by atoms with Gasteiger partial charge in [0.25, 0.3) is 0 Å². The molecule has 0 bridgehead atoms. The van der Waals surface area contributed by atoms with Gasteiger partial charge in [0.15, 0.2) is 0 Å². The zero-order chi connectivity index (χ0) is 15.4. The largest absolute Gasteiger partial charge is 0.480 e. The second-order valence-corrected chi connectivity index (χ2v) is 5.18. The number of amides is 1. The second kappa shape index (κ2) is 6.67. The SMILES string of the molecule is COCCC(NC(=O)C1CC1c1ccc(F)cc1)C(=O)O. The first-order valence-electron chi connectivity index (χ1n) is 6.80. The summed E-state index contributed by atoms with van der Waals surface area (Å²) in [6.45, 7) is 0.267. The molecular weight excluding hydrogens is 277 g/mol. The van der Waals surface area contributed by atoms with E-state index in [2.05, 4.69) is 5.32 Å². The number of ether oxygens (including phenoxy) is 1. The number of aliphatic carboxylic acids is 1. The average molecular weight is 295 g/mol. The molecule has 0 radical (unpaired) electrons. The van der Waals surface area contributed by atoms with Crippen molar-refractivity contribution in [3.05, 3.63) is 35.6 Å². The fraction of sp³-hybridized carbons (Fsp3) is 0.467. The molecule has 0 saturated heterocycles. The van der Waals surface area contributed by atoms with Crippen LogP contribution >= 0.6 is 0 Å². The molecule has 5 nitrogen and oxygen atoms in total. The molecule has 1 aliphatic carbocycles. The predicted octanol–water partition coefficient (Wildman–Crippen LogP) is 1.54. The van der Waals surface area contributed by atoms with E-state index >= 15 is 0 Å². The molecule has 3 atom stereocenters. The second-order valence-electron chi connectivity index (χ2n) is 5.18. The summed E-state index contributed by atoms with van der Waals surface area (Å²) in [5, 5.41) is 11.6. The highest BCUT2D eigenvalue weighted by Crippen LogP contribution is 2.47. The molecule has 0 aromatic heterocycles. The van der Waals surface area contributed by atoms with Gasteiger partial charge < -0.3 is 15.2 Å². The molecule has 0 aliphatic heterocycles. The fourth-order valence-electron chi connectivity index (χ4n) is 2.33. The number of nitrogens with one attached hydrogen (secondary N) is 1. The summed E-state index contributed by atoms with van der Waals surface area (Å²) in [4.78, 5) is 23.1. The molecule has 1 aromatic rings. The summed E-state index contributed by atoms with van der Waals surface area (Å²) in [6.07, 6.45) is 0.888. The topological polar surface area (TPSA) is 75.6 Å². The van der Waals surface area contributed by atoms with Gasteiger partial charge in [-0.1, -0.05) is 12.1 Å². The van der Waals surface area contributed by atoms with E-state index in [1.807, 2.05) is 0 Å². The lowest BCUT2D eigenvalue weighted by molar-refractivity contribution is -0.142. The Morgan fingerprint density at radius 3 is 2.67 bits per heavy atom. The van der Waals surface area contributed by atoms with Crippen LogP contribution in [0.3, 0.4) is 0 Å². The maximum atomic E-state index is 12.8. The van der Waals surface area contributed by atoms with Gasteiger partial charge in [0.2, 0.25) is 5.91 Å². The van der Waals surface area contributed by atoms with Crippen LogP contribution in [0.25, 0.3) is 0 Å². The minimum absolute atomic E-state index is 0.0440. The number of carboxylic acid groups (broad SMARTS) is 1. The molecule has 6 heteroatoms. The van der Waals surface area contributed by atoms with E-state index in [-0.39, 0.29) is 36.6 Å². The average Bonchev–Trinajstić information content (AvgIpc) is 3.24. The standard InChI is InChI=1S/C15H18FNO4/c1-21-7-6-13(15(19)20)17-14(18)12-8-11(12)9-2-4-10(16)5-3-9/h2-5,11-13H,6-8H2,1H3,(H,17,18)(H,19,20). The molecule has 3 unspecified atom stereocenters. The van der Waals surface area contributed by atoms with Gasteiger partial charge in [-0.3, -0.25) is 4.79 Å². The maximum Gasteiger partial charge on any atom is 0.326 e. The van der Waals surface area contributed by atoms with Crippen LogP contribution in [0.5, 0.6) is 0 Å². The number of carbonyl (C=O) groups is 2. The van der Waals surface area contributed by atoms with Crippen LogP contribution < -0.4 is 5.32 Å². The smallest absolute Gasteiger partial charge is 0.326 e. The Balaban J connectivity index is 1.90. The van der Waals surface area contributed by atoms with Gasteiger partial charge in [-0.2, -0.15) is 0 Å². The van der Waals surface area contributed by atoms with Crippen molar-refractivity contribution in [1.29, 1.82) is 0 Å². The summed E-state index contributed by atoms with van der Waals surface area (Å²) >= 11 is 0. The first-order valence-corrected chi connectivity index (χ1v) is 6.80. The number of carbonyl (C=O) groups excluding carboxylic acids is 1. The maximum absolute atomic E-state index is 12.8. The Labute approximate surface area is 122 Å². The van der Waals surface area contributed by atoms with Gasteiger partial charge in [-0.15, -0.1) is 0 Å². The first-order chi connectivity index (χ1) is 10.0.